The molecular formula is C22H32N4O3S. The van der Waals surface area contributed by atoms with Crippen LogP contribution in [-0.2, 0) is 14.8 Å². The zero-order chi connectivity index (χ0) is 21.9. The quantitative estimate of drug-likeness (QED) is 0.680. The normalized spacial score (nSPS) is 19.1. The van der Waals surface area contributed by atoms with Gasteiger partial charge in [-0.2, -0.15) is 9.57 Å². The van der Waals surface area contributed by atoms with Gasteiger partial charge in [-0.1, -0.05) is 19.9 Å². The molecule has 1 aliphatic carbocycles. The molecule has 1 aromatic rings. The predicted octanol–water partition coefficient (Wildman–Crippen LogP) is 2.34. The number of likely N-dealkylation sites (tertiary alicyclic amines) is 1. The Hall–Kier alpha value is -1.95. The second-order valence-corrected chi connectivity index (χ2v) is 10.6. The lowest BCUT2D eigenvalue weighted by atomic mass is 10.00. The molecule has 3 rings (SSSR count). The Kier molecular flexibility index (Phi) is 7.17. The molecule has 1 saturated carbocycles. The molecule has 7 nitrogen and oxygen atoms in total. The highest BCUT2D eigenvalue weighted by molar-refractivity contribution is 7.89. The molecule has 2 fully saturated rings. The second kappa shape index (κ2) is 9.46. The summed E-state index contributed by atoms with van der Waals surface area (Å²) in [6, 6.07) is 7.97. The van der Waals surface area contributed by atoms with Crippen molar-refractivity contribution >= 4 is 15.9 Å². The van der Waals surface area contributed by atoms with E-state index in [1.54, 1.807) is 22.5 Å². The number of rotatable bonds is 8. The van der Waals surface area contributed by atoms with Crippen molar-refractivity contribution in [1.29, 1.82) is 5.26 Å². The van der Waals surface area contributed by atoms with Gasteiger partial charge in [-0.15, -0.1) is 0 Å². The Bertz CT molecular complexity index is 897. The van der Waals surface area contributed by atoms with Crippen molar-refractivity contribution in [2.24, 2.45) is 5.92 Å². The maximum Gasteiger partial charge on any atom is 0.243 e. The molecule has 1 aliphatic heterocycles. The monoisotopic (exact) mass is 432 g/mol. The lowest BCUT2D eigenvalue weighted by molar-refractivity contribution is -0.135. The highest BCUT2D eigenvalue weighted by Crippen LogP contribution is 2.37. The van der Waals surface area contributed by atoms with Crippen molar-refractivity contribution in [2.45, 2.75) is 69.0 Å². The number of sulfonamides is 1. The van der Waals surface area contributed by atoms with Crippen LogP contribution < -0.4 is 5.32 Å². The molecular weight excluding hydrogens is 400 g/mol. The highest BCUT2D eigenvalue weighted by atomic mass is 32.2. The summed E-state index contributed by atoms with van der Waals surface area (Å²) in [6.45, 7) is 5.33. The topological polar surface area (TPSA) is 93.5 Å². The van der Waals surface area contributed by atoms with Crippen LogP contribution in [0.1, 0.15) is 51.5 Å². The molecule has 1 aromatic carbocycles. The number of hydrogen-bond acceptors (Lipinski definition) is 5. The van der Waals surface area contributed by atoms with Crippen LogP contribution >= 0.6 is 0 Å². The van der Waals surface area contributed by atoms with Gasteiger partial charge >= 0.3 is 0 Å². The van der Waals surface area contributed by atoms with Gasteiger partial charge in [-0.05, 0) is 63.3 Å². The van der Waals surface area contributed by atoms with Crippen LogP contribution in [-0.4, -0.2) is 61.8 Å². The van der Waals surface area contributed by atoms with Crippen molar-refractivity contribution in [3.63, 3.8) is 0 Å². The number of nitrogens with zero attached hydrogens (tertiary/aromatic N) is 3. The molecule has 30 heavy (non-hydrogen) atoms. The molecule has 1 saturated heterocycles. The first-order valence-electron chi connectivity index (χ1n) is 10.8. The van der Waals surface area contributed by atoms with Crippen LogP contribution in [0.15, 0.2) is 29.2 Å². The third kappa shape index (κ3) is 5.02. The number of carbonyl (C=O) groups excluding carboxylic acids is 1. The number of carbonyl (C=O) groups is 1. The summed E-state index contributed by atoms with van der Waals surface area (Å²) in [5.41, 5.74) is 0.343. The van der Waals surface area contributed by atoms with E-state index >= 15 is 0 Å². The van der Waals surface area contributed by atoms with Gasteiger partial charge in [-0.3, -0.25) is 4.79 Å². The van der Waals surface area contributed by atoms with Crippen LogP contribution in [0.5, 0.6) is 0 Å². The number of nitrogens with one attached hydrogen (secondary N) is 1. The maximum absolute atomic E-state index is 13.4. The highest BCUT2D eigenvalue weighted by Gasteiger charge is 2.44. The molecule has 164 valence electrons. The fraction of sp³-hybridized carbons (Fsp3) is 0.636. The third-order valence-corrected chi connectivity index (χ3v) is 7.94. The molecule has 0 spiro atoms. The van der Waals surface area contributed by atoms with Crippen LogP contribution in [0.3, 0.4) is 0 Å². The van der Waals surface area contributed by atoms with Crippen LogP contribution in [0.4, 0.5) is 0 Å². The zero-order valence-electron chi connectivity index (χ0n) is 18.0. The Morgan fingerprint density at radius 3 is 2.40 bits per heavy atom. The minimum Gasteiger partial charge on any atom is -0.341 e. The van der Waals surface area contributed by atoms with Gasteiger partial charge in [-0.25, -0.2) is 8.42 Å². The lowest BCUT2D eigenvalue weighted by Gasteiger charge is -2.39. The van der Waals surface area contributed by atoms with E-state index in [1.807, 2.05) is 18.0 Å². The second-order valence-electron chi connectivity index (χ2n) is 8.73. The van der Waals surface area contributed by atoms with Crippen molar-refractivity contribution in [3.8, 4) is 6.07 Å². The lowest BCUT2D eigenvalue weighted by Crippen LogP contribution is -2.53. The fourth-order valence-corrected chi connectivity index (χ4v) is 6.22. The summed E-state index contributed by atoms with van der Waals surface area (Å²) >= 11 is 0. The Morgan fingerprint density at radius 1 is 1.23 bits per heavy atom. The summed E-state index contributed by atoms with van der Waals surface area (Å²) in [6.07, 6.45) is 3.79. The number of benzene rings is 1. The van der Waals surface area contributed by atoms with E-state index in [0.29, 0.717) is 37.4 Å². The molecule has 0 unspecified atom stereocenters. The summed E-state index contributed by atoms with van der Waals surface area (Å²) < 4.78 is 28.5. The van der Waals surface area contributed by atoms with E-state index in [0.717, 1.165) is 19.3 Å². The minimum atomic E-state index is -3.68. The van der Waals surface area contributed by atoms with Gasteiger partial charge in [0.2, 0.25) is 15.9 Å². The van der Waals surface area contributed by atoms with Gasteiger partial charge in [0.1, 0.15) is 0 Å². The van der Waals surface area contributed by atoms with Crippen molar-refractivity contribution in [3.05, 3.63) is 29.8 Å². The van der Waals surface area contributed by atoms with E-state index in [4.69, 9.17) is 5.26 Å². The number of piperidine rings is 1. The van der Waals surface area contributed by atoms with Gasteiger partial charge in [0.25, 0.3) is 0 Å². The van der Waals surface area contributed by atoms with Crippen LogP contribution in [0, 0.1) is 17.2 Å². The number of nitriles is 1. The van der Waals surface area contributed by atoms with E-state index in [9.17, 15) is 13.2 Å². The minimum absolute atomic E-state index is 0.0268. The molecule has 2 aliphatic rings. The molecule has 1 N–H and O–H groups in total. The maximum atomic E-state index is 13.4. The number of hydrogen-bond donors (Lipinski definition) is 1. The van der Waals surface area contributed by atoms with Crippen LogP contribution in [0.2, 0.25) is 0 Å². The van der Waals surface area contributed by atoms with Crippen molar-refractivity contribution in [2.75, 3.05) is 20.1 Å². The number of amides is 1. The molecule has 8 heteroatoms. The van der Waals surface area contributed by atoms with E-state index < -0.39 is 10.0 Å². The average molecular weight is 433 g/mol. The van der Waals surface area contributed by atoms with E-state index in [1.165, 1.54) is 6.07 Å². The Labute approximate surface area is 180 Å². The van der Waals surface area contributed by atoms with E-state index in [2.05, 4.69) is 19.2 Å². The van der Waals surface area contributed by atoms with Crippen molar-refractivity contribution in [1.82, 2.24) is 14.5 Å². The van der Waals surface area contributed by atoms with Gasteiger partial charge in [0.15, 0.2) is 0 Å². The first-order valence-corrected chi connectivity index (χ1v) is 12.2. The predicted molar refractivity (Wildman–Crippen MR) is 115 cm³/mol. The number of likely N-dealkylation sites (N-methyl/N-ethyl adjacent to an activating group) is 1. The Morgan fingerprint density at radius 2 is 1.87 bits per heavy atom. The fourth-order valence-electron chi connectivity index (χ4n) is 4.24. The molecule has 1 atom stereocenters. The summed E-state index contributed by atoms with van der Waals surface area (Å²) in [7, 11) is -1.86. The van der Waals surface area contributed by atoms with Gasteiger partial charge < -0.3 is 10.2 Å². The molecule has 0 bridgehead atoms. The first kappa shape index (κ1) is 22.7. The van der Waals surface area contributed by atoms with Crippen molar-refractivity contribution < 1.29 is 13.2 Å². The van der Waals surface area contributed by atoms with Gasteiger partial charge in [0.05, 0.1) is 22.6 Å². The smallest absolute Gasteiger partial charge is 0.243 e. The standard InChI is InChI=1S/C22H32N4O3S/c1-16(2)13-21(24-3)22(27)25-11-9-19(10-12-25)26(18-7-8-18)30(28,29)20-6-4-5-17(14-20)15-23/h4-6,14,16,18-19,21,24H,7-13H2,1-3H3/t21-/m0/s1. The molecule has 0 aromatic heterocycles. The average Bonchev–Trinajstić information content (AvgIpc) is 3.56. The van der Waals surface area contributed by atoms with Crippen LogP contribution in [0.25, 0.3) is 0 Å². The summed E-state index contributed by atoms with van der Waals surface area (Å²) in [5.74, 6) is 0.524. The zero-order valence-corrected chi connectivity index (χ0v) is 18.9. The van der Waals surface area contributed by atoms with E-state index in [-0.39, 0.29) is 28.9 Å². The van der Waals surface area contributed by atoms with Gasteiger partial charge in [0, 0.05) is 25.2 Å². The molecule has 1 amide bonds. The summed E-state index contributed by atoms with van der Waals surface area (Å²) in [5, 5.41) is 12.3. The first-order chi connectivity index (χ1) is 14.3. The summed E-state index contributed by atoms with van der Waals surface area (Å²) in [4.78, 5) is 14.9. The Balaban J connectivity index is 1.72. The molecule has 1 heterocycles. The molecule has 0 radical (unpaired) electrons. The third-order valence-electron chi connectivity index (χ3n) is 5.94. The SMILES string of the molecule is CN[C@@H](CC(C)C)C(=O)N1CCC(N(C2CC2)S(=O)(=O)c2cccc(C#N)c2)CC1. The largest absolute Gasteiger partial charge is 0.341 e.